The third kappa shape index (κ3) is 3.60. The number of carbonyl (C=O) groups excluding carboxylic acids is 1. The third-order valence-electron chi connectivity index (χ3n) is 4.02. The Kier molecular flexibility index (Phi) is 5.60. The highest BCUT2D eigenvalue weighted by atomic mass is 16.5. The minimum Gasteiger partial charge on any atom is -0.494 e. The van der Waals surface area contributed by atoms with E-state index >= 15 is 0 Å². The Morgan fingerprint density at radius 2 is 2.05 bits per heavy atom. The summed E-state index contributed by atoms with van der Waals surface area (Å²) < 4.78 is 11.0. The van der Waals surface area contributed by atoms with Gasteiger partial charge >= 0.3 is 0 Å². The van der Waals surface area contributed by atoms with Gasteiger partial charge in [0.2, 0.25) is 0 Å². The van der Waals surface area contributed by atoms with Gasteiger partial charge in [0.1, 0.15) is 11.9 Å². The molecule has 0 spiro atoms. The molecule has 20 heavy (non-hydrogen) atoms. The van der Waals surface area contributed by atoms with Crippen molar-refractivity contribution in [1.82, 2.24) is 0 Å². The maximum Gasteiger partial charge on any atom is 0.191 e. The predicted molar refractivity (Wildman–Crippen MR) is 79.3 cm³/mol. The molecule has 1 saturated carbocycles. The van der Waals surface area contributed by atoms with E-state index in [1.165, 1.54) is 19.3 Å². The van der Waals surface area contributed by atoms with Crippen LogP contribution >= 0.6 is 0 Å². The topological polar surface area (TPSA) is 35.5 Å². The number of Topliss-reactive ketones (excluding diaryl/α,β-unsaturated/α-hetero) is 1. The summed E-state index contributed by atoms with van der Waals surface area (Å²) in [6, 6.07) is 7.41. The quantitative estimate of drug-likeness (QED) is 0.740. The van der Waals surface area contributed by atoms with Crippen molar-refractivity contribution in [2.24, 2.45) is 5.92 Å². The fourth-order valence-electron chi connectivity index (χ4n) is 3.02. The van der Waals surface area contributed by atoms with Gasteiger partial charge in [-0.1, -0.05) is 31.4 Å². The average molecular weight is 276 g/mol. The smallest absolute Gasteiger partial charge is 0.191 e. The van der Waals surface area contributed by atoms with Gasteiger partial charge in [0.05, 0.1) is 6.61 Å². The summed E-state index contributed by atoms with van der Waals surface area (Å²) in [6.45, 7) is 2.54. The molecule has 1 aromatic carbocycles. The van der Waals surface area contributed by atoms with E-state index in [2.05, 4.69) is 0 Å². The van der Waals surface area contributed by atoms with E-state index in [4.69, 9.17) is 9.47 Å². The molecule has 1 aliphatic carbocycles. The fraction of sp³-hybridized carbons (Fsp3) is 0.588. The molecule has 1 aromatic rings. The largest absolute Gasteiger partial charge is 0.494 e. The van der Waals surface area contributed by atoms with Crippen LogP contribution in [0.4, 0.5) is 0 Å². The van der Waals surface area contributed by atoms with Crippen molar-refractivity contribution in [2.45, 2.75) is 45.1 Å². The van der Waals surface area contributed by atoms with Gasteiger partial charge in [-0.05, 0) is 37.8 Å². The van der Waals surface area contributed by atoms with Crippen LogP contribution in [-0.2, 0) is 4.74 Å². The zero-order valence-corrected chi connectivity index (χ0v) is 12.4. The second-order valence-electron chi connectivity index (χ2n) is 5.38. The van der Waals surface area contributed by atoms with Crippen molar-refractivity contribution in [3.05, 3.63) is 29.8 Å². The average Bonchev–Trinajstić information content (AvgIpc) is 2.50. The molecule has 0 N–H and O–H groups in total. The number of hydrogen-bond acceptors (Lipinski definition) is 3. The molecule has 0 heterocycles. The summed E-state index contributed by atoms with van der Waals surface area (Å²) in [5.74, 6) is 1.19. The number of ketones is 1. The lowest BCUT2D eigenvalue weighted by atomic mass is 9.82. The summed E-state index contributed by atoms with van der Waals surface area (Å²) in [5.41, 5.74) is 0.688. The van der Waals surface area contributed by atoms with Crippen LogP contribution in [0.5, 0.6) is 5.75 Å². The Balaban J connectivity index is 2.12. The van der Waals surface area contributed by atoms with Crippen molar-refractivity contribution in [1.29, 1.82) is 0 Å². The number of benzene rings is 1. The van der Waals surface area contributed by atoms with Crippen LogP contribution in [0.1, 0.15) is 49.4 Å². The van der Waals surface area contributed by atoms with Gasteiger partial charge in [-0.2, -0.15) is 0 Å². The molecule has 0 bridgehead atoms. The van der Waals surface area contributed by atoms with E-state index in [-0.39, 0.29) is 11.9 Å². The zero-order valence-electron chi connectivity index (χ0n) is 12.4. The number of methoxy groups -OCH3 is 1. The van der Waals surface area contributed by atoms with Crippen molar-refractivity contribution in [3.8, 4) is 5.75 Å². The fourth-order valence-corrected chi connectivity index (χ4v) is 3.02. The minimum atomic E-state index is -0.313. The van der Waals surface area contributed by atoms with Crippen LogP contribution in [0.25, 0.3) is 0 Å². The van der Waals surface area contributed by atoms with Crippen LogP contribution in [0, 0.1) is 5.92 Å². The van der Waals surface area contributed by atoms with Gasteiger partial charge in [-0.15, -0.1) is 0 Å². The molecular weight excluding hydrogens is 252 g/mol. The first-order valence-corrected chi connectivity index (χ1v) is 7.56. The summed E-state index contributed by atoms with van der Waals surface area (Å²) in [7, 11) is 1.64. The van der Waals surface area contributed by atoms with Crippen molar-refractivity contribution in [3.63, 3.8) is 0 Å². The maximum absolute atomic E-state index is 12.7. The first kappa shape index (κ1) is 15.0. The standard InChI is InChI=1S/C17H24O3/c1-3-20-15-11-7-10-14(12-15)16(18)17(19-2)13-8-5-4-6-9-13/h7,10-13,17H,3-6,8-9H2,1-2H3. The lowest BCUT2D eigenvalue weighted by Crippen LogP contribution is -2.33. The Labute approximate surface area is 121 Å². The normalized spacial score (nSPS) is 17.7. The van der Waals surface area contributed by atoms with E-state index in [9.17, 15) is 4.79 Å². The van der Waals surface area contributed by atoms with E-state index in [0.29, 0.717) is 18.1 Å². The van der Waals surface area contributed by atoms with Crippen molar-refractivity contribution >= 4 is 5.78 Å². The third-order valence-corrected chi connectivity index (χ3v) is 4.02. The van der Waals surface area contributed by atoms with Crippen LogP contribution in [-0.4, -0.2) is 25.6 Å². The van der Waals surface area contributed by atoms with Gasteiger partial charge < -0.3 is 9.47 Å². The summed E-state index contributed by atoms with van der Waals surface area (Å²) in [6.07, 6.45) is 5.56. The molecule has 1 aliphatic rings. The lowest BCUT2D eigenvalue weighted by molar-refractivity contribution is 0.0314. The number of carbonyl (C=O) groups is 1. The van der Waals surface area contributed by atoms with Gasteiger partial charge in [-0.3, -0.25) is 4.79 Å². The highest BCUT2D eigenvalue weighted by Crippen LogP contribution is 2.30. The first-order chi connectivity index (χ1) is 9.76. The molecule has 1 unspecified atom stereocenters. The van der Waals surface area contributed by atoms with Crippen LogP contribution in [0.2, 0.25) is 0 Å². The molecular formula is C17H24O3. The molecule has 3 heteroatoms. The Bertz CT molecular complexity index is 436. The van der Waals surface area contributed by atoms with Gasteiger partial charge in [-0.25, -0.2) is 0 Å². The van der Waals surface area contributed by atoms with Crippen molar-refractivity contribution < 1.29 is 14.3 Å². The van der Waals surface area contributed by atoms with Crippen LogP contribution < -0.4 is 4.74 Å². The van der Waals surface area contributed by atoms with Gasteiger partial charge in [0.15, 0.2) is 5.78 Å². The van der Waals surface area contributed by atoms with Gasteiger partial charge in [0.25, 0.3) is 0 Å². The molecule has 1 atom stereocenters. The van der Waals surface area contributed by atoms with E-state index in [1.54, 1.807) is 7.11 Å². The van der Waals surface area contributed by atoms with E-state index < -0.39 is 0 Å². The number of ether oxygens (including phenoxy) is 2. The van der Waals surface area contributed by atoms with Crippen molar-refractivity contribution in [2.75, 3.05) is 13.7 Å². The highest BCUT2D eigenvalue weighted by molar-refractivity contribution is 6.00. The Hall–Kier alpha value is -1.35. The Morgan fingerprint density at radius 1 is 1.30 bits per heavy atom. The van der Waals surface area contributed by atoms with Crippen LogP contribution in [0.3, 0.4) is 0 Å². The summed E-state index contributed by atoms with van der Waals surface area (Å²) >= 11 is 0. The zero-order chi connectivity index (χ0) is 14.4. The molecule has 3 nitrogen and oxygen atoms in total. The summed E-state index contributed by atoms with van der Waals surface area (Å²) in [4.78, 5) is 12.7. The second kappa shape index (κ2) is 7.44. The Morgan fingerprint density at radius 3 is 2.70 bits per heavy atom. The molecule has 1 fully saturated rings. The molecule has 0 radical (unpaired) electrons. The maximum atomic E-state index is 12.7. The van der Waals surface area contributed by atoms with E-state index in [1.807, 2.05) is 31.2 Å². The van der Waals surface area contributed by atoms with E-state index in [0.717, 1.165) is 18.6 Å². The molecule has 0 amide bonds. The molecule has 110 valence electrons. The number of hydrogen-bond donors (Lipinski definition) is 0. The summed E-state index contributed by atoms with van der Waals surface area (Å²) in [5, 5.41) is 0. The molecule has 0 aliphatic heterocycles. The number of rotatable bonds is 6. The highest BCUT2D eigenvalue weighted by Gasteiger charge is 2.30. The van der Waals surface area contributed by atoms with Crippen LogP contribution in [0.15, 0.2) is 24.3 Å². The monoisotopic (exact) mass is 276 g/mol. The van der Waals surface area contributed by atoms with Gasteiger partial charge in [0, 0.05) is 12.7 Å². The SMILES string of the molecule is CCOc1cccc(C(=O)C(OC)C2CCCCC2)c1. The predicted octanol–water partition coefficient (Wildman–Crippen LogP) is 3.86. The minimum absolute atomic E-state index is 0.0842. The molecule has 0 saturated heterocycles. The molecule has 2 rings (SSSR count). The lowest BCUT2D eigenvalue weighted by Gasteiger charge is -2.28. The second-order valence-corrected chi connectivity index (χ2v) is 5.38. The first-order valence-electron chi connectivity index (χ1n) is 7.56. The molecule has 0 aromatic heterocycles.